The van der Waals surface area contributed by atoms with Gasteiger partial charge in [0.05, 0.1) is 16.6 Å². The standard InChI is InChI=1S/C18H14ClN5O2S/c19-10-5-7-11(8-6-10)20-16(26)13-9-15(25)23-17(21-13)24-18-22-12-3-1-2-4-14(12)27-18/h1-8,13H,9H2,(H,20,26)(H2,21,22,23,24,25)/p+1/t13-/m1/s1. The van der Waals surface area contributed by atoms with Crippen molar-refractivity contribution >= 4 is 61.7 Å². The van der Waals surface area contributed by atoms with E-state index in [1.54, 1.807) is 24.3 Å². The summed E-state index contributed by atoms with van der Waals surface area (Å²) in [5.41, 5.74) is 1.47. The average Bonchev–Trinajstić information content (AvgIpc) is 3.05. The zero-order chi connectivity index (χ0) is 18.8. The number of nitrogens with zero attached hydrogens (tertiary/aromatic N) is 1. The summed E-state index contributed by atoms with van der Waals surface area (Å²) in [6, 6.07) is 13.8. The molecule has 1 aliphatic heterocycles. The van der Waals surface area contributed by atoms with Crippen molar-refractivity contribution in [3.8, 4) is 0 Å². The molecule has 3 aromatic rings. The van der Waals surface area contributed by atoms with Crippen molar-refractivity contribution in [3.63, 3.8) is 0 Å². The van der Waals surface area contributed by atoms with Crippen LogP contribution >= 0.6 is 22.9 Å². The third-order valence-electron chi connectivity index (χ3n) is 3.93. The van der Waals surface area contributed by atoms with Crippen molar-refractivity contribution in [2.24, 2.45) is 0 Å². The Bertz CT molecular complexity index is 1010. The molecule has 0 fully saturated rings. The van der Waals surface area contributed by atoms with Crippen LogP contribution in [0, 0.1) is 0 Å². The first-order chi connectivity index (χ1) is 13.1. The molecule has 0 radical (unpaired) electrons. The summed E-state index contributed by atoms with van der Waals surface area (Å²) in [7, 11) is 0. The normalized spacial score (nSPS) is 16.6. The summed E-state index contributed by atoms with van der Waals surface area (Å²) in [5, 5.41) is 9.71. The van der Waals surface area contributed by atoms with Crippen molar-refractivity contribution < 1.29 is 14.6 Å². The summed E-state index contributed by atoms with van der Waals surface area (Å²) >= 11 is 7.31. The first kappa shape index (κ1) is 17.4. The lowest BCUT2D eigenvalue weighted by atomic mass is 10.1. The number of hydrogen-bond acceptors (Lipinski definition) is 5. The lowest BCUT2D eigenvalue weighted by molar-refractivity contribution is -0.490. The highest BCUT2D eigenvalue weighted by molar-refractivity contribution is 7.22. The van der Waals surface area contributed by atoms with E-state index >= 15 is 0 Å². The van der Waals surface area contributed by atoms with Gasteiger partial charge in [-0.15, -0.1) is 0 Å². The van der Waals surface area contributed by atoms with Gasteiger partial charge in [0, 0.05) is 10.7 Å². The summed E-state index contributed by atoms with van der Waals surface area (Å²) in [5.74, 6) is -0.231. The van der Waals surface area contributed by atoms with Crippen LogP contribution in [0.25, 0.3) is 10.2 Å². The number of hydrogen-bond donors (Lipinski definition) is 4. The van der Waals surface area contributed by atoms with Crippen LogP contribution in [-0.4, -0.2) is 28.8 Å². The molecule has 136 valence electrons. The van der Waals surface area contributed by atoms with Gasteiger partial charge in [-0.1, -0.05) is 35.1 Å². The van der Waals surface area contributed by atoms with Crippen molar-refractivity contribution in [3.05, 3.63) is 53.6 Å². The van der Waals surface area contributed by atoms with Crippen molar-refractivity contribution in [1.29, 1.82) is 0 Å². The number of carbonyl (C=O) groups is 2. The molecule has 4 rings (SSSR count). The second kappa shape index (κ2) is 7.34. The number of carbonyl (C=O) groups excluding carboxylic acids is 2. The Morgan fingerprint density at radius 3 is 2.78 bits per heavy atom. The van der Waals surface area contributed by atoms with Crippen LogP contribution in [0.4, 0.5) is 10.8 Å². The van der Waals surface area contributed by atoms with E-state index < -0.39 is 6.04 Å². The molecule has 1 aromatic heterocycles. The van der Waals surface area contributed by atoms with Gasteiger partial charge in [0.25, 0.3) is 16.9 Å². The van der Waals surface area contributed by atoms with Gasteiger partial charge in [0.2, 0.25) is 0 Å². The molecule has 2 aromatic carbocycles. The predicted molar refractivity (Wildman–Crippen MR) is 106 cm³/mol. The molecule has 2 amide bonds. The van der Waals surface area contributed by atoms with Crippen LogP contribution in [0.2, 0.25) is 5.02 Å². The molecule has 27 heavy (non-hydrogen) atoms. The summed E-state index contributed by atoms with van der Waals surface area (Å²) in [6.07, 6.45) is 0.0322. The predicted octanol–water partition coefficient (Wildman–Crippen LogP) is 1.33. The SMILES string of the molecule is O=C1C[C@H](C(=O)Nc2ccc(Cl)cc2)[NH+]=C(Nc2nc3ccccc3s2)N1. The second-order valence-electron chi connectivity index (χ2n) is 5.93. The zero-order valence-electron chi connectivity index (χ0n) is 14.0. The lowest BCUT2D eigenvalue weighted by Crippen LogP contribution is -2.89. The minimum atomic E-state index is -0.702. The number of rotatable bonds is 3. The molecule has 0 spiro atoms. The van der Waals surface area contributed by atoms with E-state index in [1.165, 1.54) is 11.3 Å². The number of thiazole rings is 1. The number of para-hydroxylation sites is 1. The minimum Gasteiger partial charge on any atom is -0.323 e. The van der Waals surface area contributed by atoms with Crippen LogP contribution in [0.15, 0.2) is 48.5 Å². The Morgan fingerprint density at radius 1 is 1.22 bits per heavy atom. The third-order valence-corrected chi connectivity index (χ3v) is 5.13. The fraction of sp³-hybridized carbons (Fsp3) is 0.111. The number of amides is 2. The summed E-state index contributed by atoms with van der Waals surface area (Å²) in [4.78, 5) is 32.0. The number of guanidine groups is 1. The molecule has 4 N–H and O–H groups in total. The largest absolute Gasteiger partial charge is 0.358 e. The highest BCUT2D eigenvalue weighted by Gasteiger charge is 2.31. The maximum atomic E-state index is 12.5. The molecule has 0 saturated heterocycles. The Kier molecular flexibility index (Phi) is 4.74. The third kappa shape index (κ3) is 4.07. The van der Waals surface area contributed by atoms with Crippen LogP contribution in [-0.2, 0) is 9.59 Å². The van der Waals surface area contributed by atoms with Gasteiger partial charge in [-0.05, 0) is 36.4 Å². The van der Waals surface area contributed by atoms with Crippen LogP contribution in [0.5, 0.6) is 0 Å². The average molecular weight is 401 g/mol. The van der Waals surface area contributed by atoms with E-state index in [0.717, 1.165) is 10.2 Å². The van der Waals surface area contributed by atoms with E-state index in [1.807, 2.05) is 24.3 Å². The maximum absolute atomic E-state index is 12.5. The number of anilines is 2. The highest BCUT2D eigenvalue weighted by Crippen LogP contribution is 2.25. The molecule has 1 atom stereocenters. The molecule has 0 aliphatic carbocycles. The number of halogens is 1. The first-order valence-corrected chi connectivity index (χ1v) is 9.39. The van der Waals surface area contributed by atoms with Gasteiger partial charge >= 0.3 is 5.96 Å². The molecule has 0 saturated carbocycles. The molecule has 9 heteroatoms. The number of aromatic nitrogens is 1. The molecular formula is C18H15ClN5O2S+. The van der Waals surface area contributed by atoms with Gasteiger partial charge in [0.1, 0.15) is 0 Å². The number of nitrogens with one attached hydrogen (secondary N) is 4. The van der Waals surface area contributed by atoms with Gasteiger partial charge in [-0.25, -0.2) is 15.6 Å². The zero-order valence-corrected chi connectivity index (χ0v) is 15.5. The molecular weight excluding hydrogens is 386 g/mol. The van der Waals surface area contributed by atoms with E-state index in [-0.39, 0.29) is 18.2 Å². The molecule has 1 aliphatic rings. The molecule has 2 heterocycles. The first-order valence-electron chi connectivity index (χ1n) is 8.19. The topological polar surface area (TPSA) is 97.1 Å². The Morgan fingerprint density at radius 2 is 2.00 bits per heavy atom. The second-order valence-corrected chi connectivity index (χ2v) is 7.40. The van der Waals surface area contributed by atoms with E-state index in [2.05, 4.69) is 25.9 Å². The maximum Gasteiger partial charge on any atom is 0.358 e. The smallest absolute Gasteiger partial charge is 0.323 e. The Balaban J connectivity index is 1.50. The van der Waals surface area contributed by atoms with Crippen molar-refractivity contribution in [1.82, 2.24) is 10.3 Å². The molecule has 7 nitrogen and oxygen atoms in total. The molecule has 0 bridgehead atoms. The van der Waals surface area contributed by atoms with Crippen molar-refractivity contribution in [2.45, 2.75) is 12.5 Å². The van der Waals surface area contributed by atoms with Gasteiger partial charge in [-0.2, -0.15) is 0 Å². The van der Waals surface area contributed by atoms with Crippen LogP contribution in [0.3, 0.4) is 0 Å². The van der Waals surface area contributed by atoms with Gasteiger partial charge < -0.3 is 5.32 Å². The van der Waals surface area contributed by atoms with Crippen molar-refractivity contribution in [2.75, 3.05) is 10.6 Å². The fourth-order valence-electron chi connectivity index (χ4n) is 2.66. The minimum absolute atomic E-state index is 0.0322. The van der Waals surface area contributed by atoms with E-state index in [9.17, 15) is 9.59 Å². The number of fused-ring (bicyclic) bond motifs is 1. The quantitative estimate of drug-likeness (QED) is 0.533. The number of benzene rings is 2. The Hall–Kier alpha value is -2.97. The van der Waals surface area contributed by atoms with Crippen LogP contribution < -0.4 is 20.9 Å². The van der Waals surface area contributed by atoms with E-state index in [0.29, 0.717) is 21.8 Å². The summed E-state index contributed by atoms with van der Waals surface area (Å²) in [6.45, 7) is 0. The van der Waals surface area contributed by atoms with Crippen LogP contribution in [0.1, 0.15) is 6.42 Å². The highest BCUT2D eigenvalue weighted by atomic mass is 35.5. The Labute approximate surface area is 163 Å². The summed E-state index contributed by atoms with van der Waals surface area (Å²) < 4.78 is 1.03. The van der Waals surface area contributed by atoms with Gasteiger partial charge in [0.15, 0.2) is 6.04 Å². The van der Waals surface area contributed by atoms with E-state index in [4.69, 9.17) is 11.6 Å². The fourth-order valence-corrected chi connectivity index (χ4v) is 3.65. The molecule has 0 unspecified atom stereocenters. The van der Waals surface area contributed by atoms with Gasteiger partial charge in [-0.3, -0.25) is 14.6 Å². The monoisotopic (exact) mass is 400 g/mol. The lowest BCUT2D eigenvalue weighted by Gasteiger charge is -2.16.